The molecule has 0 bridgehead atoms. The molecule has 0 heterocycles. The van der Waals surface area contributed by atoms with Gasteiger partial charge in [0.05, 0.1) is 12.5 Å². The molecule has 1 rings (SSSR count). The van der Waals surface area contributed by atoms with E-state index in [-0.39, 0.29) is 6.54 Å². The van der Waals surface area contributed by atoms with Gasteiger partial charge >= 0.3 is 6.18 Å². The van der Waals surface area contributed by atoms with E-state index in [9.17, 15) is 18.0 Å². The number of nitrogens with zero attached hydrogens (tertiary/aromatic N) is 1. The third-order valence-corrected chi connectivity index (χ3v) is 2.54. The van der Waals surface area contributed by atoms with Crippen LogP contribution in [-0.2, 0) is 4.79 Å². The summed E-state index contributed by atoms with van der Waals surface area (Å²) >= 11 is 0. The highest BCUT2D eigenvalue weighted by Gasteiger charge is 2.32. The van der Waals surface area contributed by atoms with Crippen LogP contribution in [0.15, 0.2) is 0 Å². The van der Waals surface area contributed by atoms with Crippen molar-refractivity contribution in [3.63, 3.8) is 0 Å². The van der Waals surface area contributed by atoms with Crippen molar-refractivity contribution in [1.82, 2.24) is 4.90 Å². The summed E-state index contributed by atoms with van der Waals surface area (Å²) in [6, 6.07) is -0.730. The van der Waals surface area contributed by atoms with E-state index in [1.807, 2.05) is 0 Å². The van der Waals surface area contributed by atoms with Gasteiger partial charge in [-0.1, -0.05) is 0 Å². The monoisotopic (exact) mass is 238 g/mol. The van der Waals surface area contributed by atoms with Crippen molar-refractivity contribution in [2.45, 2.75) is 38.4 Å². The van der Waals surface area contributed by atoms with Gasteiger partial charge in [0.1, 0.15) is 0 Å². The van der Waals surface area contributed by atoms with Gasteiger partial charge in [0.2, 0.25) is 5.91 Å². The zero-order valence-electron chi connectivity index (χ0n) is 9.26. The van der Waals surface area contributed by atoms with Gasteiger partial charge < -0.3 is 10.6 Å². The second-order valence-corrected chi connectivity index (χ2v) is 4.38. The molecule has 0 aromatic carbocycles. The molecular weight excluding hydrogens is 221 g/mol. The second-order valence-electron chi connectivity index (χ2n) is 4.38. The summed E-state index contributed by atoms with van der Waals surface area (Å²) < 4.78 is 36.2. The predicted octanol–water partition coefficient (Wildman–Crippen LogP) is 1.52. The summed E-state index contributed by atoms with van der Waals surface area (Å²) in [6.45, 7) is 1.63. The average Bonchev–Trinajstić information content (AvgIpc) is 2.93. The molecule has 0 aromatic heterocycles. The van der Waals surface area contributed by atoms with Crippen molar-refractivity contribution in [3.8, 4) is 0 Å². The van der Waals surface area contributed by atoms with Crippen LogP contribution in [0.2, 0.25) is 0 Å². The number of nitrogens with two attached hydrogens (primary N) is 1. The number of amides is 1. The van der Waals surface area contributed by atoms with Crippen LogP contribution in [0.3, 0.4) is 0 Å². The number of carbonyl (C=O) groups is 1. The summed E-state index contributed by atoms with van der Waals surface area (Å²) in [4.78, 5) is 12.8. The van der Waals surface area contributed by atoms with Crippen molar-refractivity contribution in [1.29, 1.82) is 0 Å². The molecule has 0 aliphatic heterocycles. The molecule has 1 atom stereocenters. The van der Waals surface area contributed by atoms with E-state index in [1.165, 1.54) is 11.8 Å². The molecule has 0 aromatic rings. The first-order chi connectivity index (χ1) is 7.29. The third-order valence-electron chi connectivity index (χ3n) is 2.54. The second kappa shape index (κ2) is 5.03. The lowest BCUT2D eigenvalue weighted by atomic mass is 10.2. The molecule has 3 nitrogen and oxygen atoms in total. The van der Waals surface area contributed by atoms with Crippen LogP contribution in [0.5, 0.6) is 0 Å². The smallest absolute Gasteiger partial charge is 0.341 e. The summed E-state index contributed by atoms with van der Waals surface area (Å²) in [5.74, 6) is -0.0212. The van der Waals surface area contributed by atoms with Crippen LogP contribution in [-0.4, -0.2) is 36.1 Å². The normalized spacial score (nSPS) is 18.3. The highest BCUT2D eigenvalue weighted by Crippen LogP contribution is 2.30. The number of carbonyl (C=O) groups excluding carboxylic acids is 1. The highest BCUT2D eigenvalue weighted by atomic mass is 19.4. The van der Waals surface area contributed by atoms with E-state index in [4.69, 9.17) is 5.73 Å². The first-order valence-corrected chi connectivity index (χ1v) is 5.40. The van der Waals surface area contributed by atoms with E-state index in [2.05, 4.69) is 0 Å². The van der Waals surface area contributed by atoms with Crippen LogP contribution in [0, 0.1) is 5.92 Å². The van der Waals surface area contributed by atoms with E-state index < -0.39 is 24.5 Å². The Bertz CT molecular complexity index is 249. The van der Waals surface area contributed by atoms with Crippen LogP contribution >= 0.6 is 0 Å². The minimum Gasteiger partial charge on any atom is -0.341 e. The Morgan fingerprint density at radius 1 is 1.50 bits per heavy atom. The number of rotatable bonds is 5. The first-order valence-electron chi connectivity index (χ1n) is 5.40. The quantitative estimate of drug-likeness (QED) is 0.789. The van der Waals surface area contributed by atoms with Gasteiger partial charge in [0.15, 0.2) is 0 Å². The lowest BCUT2D eigenvalue weighted by Crippen LogP contribution is -2.44. The summed E-state index contributed by atoms with van der Waals surface area (Å²) in [6.07, 6.45) is -3.19. The maximum absolute atomic E-state index is 12.1. The minimum atomic E-state index is -4.22. The Balaban J connectivity index is 2.46. The van der Waals surface area contributed by atoms with E-state index in [0.717, 1.165) is 12.8 Å². The van der Waals surface area contributed by atoms with Crippen LogP contribution in [0.25, 0.3) is 0 Å². The van der Waals surface area contributed by atoms with Gasteiger partial charge in [-0.25, -0.2) is 0 Å². The zero-order chi connectivity index (χ0) is 12.3. The Morgan fingerprint density at radius 3 is 2.44 bits per heavy atom. The fourth-order valence-corrected chi connectivity index (χ4v) is 1.45. The summed E-state index contributed by atoms with van der Waals surface area (Å²) in [7, 11) is 0. The topological polar surface area (TPSA) is 46.3 Å². The van der Waals surface area contributed by atoms with E-state index in [1.54, 1.807) is 0 Å². The molecule has 16 heavy (non-hydrogen) atoms. The number of alkyl halides is 3. The Hall–Kier alpha value is -0.780. The van der Waals surface area contributed by atoms with Gasteiger partial charge in [-0.05, 0) is 25.7 Å². The molecule has 1 aliphatic rings. The molecule has 2 N–H and O–H groups in total. The SMILES string of the molecule is CC(N)C(=O)N(CCC(F)(F)F)CC1CC1. The number of hydrogen-bond donors (Lipinski definition) is 1. The van der Waals surface area contributed by atoms with E-state index in [0.29, 0.717) is 12.5 Å². The van der Waals surface area contributed by atoms with Gasteiger partial charge in [-0.3, -0.25) is 4.79 Å². The lowest BCUT2D eigenvalue weighted by Gasteiger charge is -2.24. The molecule has 1 fully saturated rings. The zero-order valence-corrected chi connectivity index (χ0v) is 9.26. The predicted molar refractivity (Wildman–Crippen MR) is 53.6 cm³/mol. The summed E-state index contributed by atoms with van der Waals surface area (Å²) in [5, 5.41) is 0. The Morgan fingerprint density at radius 2 is 2.06 bits per heavy atom. The third kappa shape index (κ3) is 4.83. The molecule has 1 saturated carbocycles. The molecule has 1 amide bonds. The van der Waals surface area contributed by atoms with Crippen LogP contribution < -0.4 is 5.73 Å². The van der Waals surface area contributed by atoms with E-state index >= 15 is 0 Å². The fraction of sp³-hybridized carbons (Fsp3) is 0.900. The van der Waals surface area contributed by atoms with Crippen LogP contribution in [0.1, 0.15) is 26.2 Å². The Labute approximate surface area is 92.8 Å². The maximum atomic E-state index is 12.1. The van der Waals surface area contributed by atoms with Gasteiger partial charge in [-0.2, -0.15) is 13.2 Å². The van der Waals surface area contributed by atoms with Crippen molar-refractivity contribution in [2.75, 3.05) is 13.1 Å². The van der Waals surface area contributed by atoms with Crippen molar-refractivity contribution in [3.05, 3.63) is 0 Å². The molecule has 0 spiro atoms. The van der Waals surface area contributed by atoms with Crippen molar-refractivity contribution < 1.29 is 18.0 Å². The lowest BCUT2D eigenvalue weighted by molar-refractivity contribution is -0.146. The van der Waals surface area contributed by atoms with Gasteiger partial charge in [0, 0.05) is 13.1 Å². The maximum Gasteiger partial charge on any atom is 0.390 e. The molecule has 0 saturated heterocycles. The first kappa shape index (κ1) is 13.3. The summed E-state index contributed by atoms with van der Waals surface area (Å²) in [5.41, 5.74) is 5.40. The minimum absolute atomic E-state index is 0.277. The molecule has 0 radical (unpaired) electrons. The molecular formula is C10H17F3N2O. The highest BCUT2D eigenvalue weighted by molar-refractivity contribution is 5.81. The van der Waals surface area contributed by atoms with Crippen molar-refractivity contribution in [2.24, 2.45) is 11.7 Å². The van der Waals surface area contributed by atoms with Crippen LogP contribution in [0.4, 0.5) is 13.2 Å². The number of hydrogen-bond acceptors (Lipinski definition) is 2. The molecule has 1 unspecified atom stereocenters. The van der Waals surface area contributed by atoms with Crippen molar-refractivity contribution >= 4 is 5.91 Å². The Kier molecular flexibility index (Phi) is 4.18. The van der Waals surface area contributed by atoms with Gasteiger partial charge in [-0.15, -0.1) is 0 Å². The average molecular weight is 238 g/mol. The molecule has 94 valence electrons. The molecule has 1 aliphatic carbocycles. The van der Waals surface area contributed by atoms with Gasteiger partial charge in [0.25, 0.3) is 0 Å². The fourth-order valence-electron chi connectivity index (χ4n) is 1.45. The largest absolute Gasteiger partial charge is 0.390 e. The molecule has 6 heteroatoms. The number of halogens is 3. The standard InChI is InChI=1S/C10H17F3N2O/c1-7(14)9(16)15(6-8-2-3-8)5-4-10(11,12)13/h7-8H,2-6,14H2,1H3.